The monoisotopic (exact) mass is 412 g/mol. The molecule has 30 heavy (non-hydrogen) atoms. The number of benzene rings is 1. The molecule has 4 aliphatic carbocycles. The third-order valence-corrected chi connectivity index (χ3v) is 6.86. The van der Waals surface area contributed by atoms with Crippen molar-refractivity contribution in [2.45, 2.75) is 51.5 Å². The smallest absolute Gasteiger partial charge is 0.328 e. The fourth-order valence-electron chi connectivity index (χ4n) is 5.88. The highest BCUT2D eigenvalue weighted by Crippen LogP contribution is 2.60. The fraction of sp³-hybridized carbons (Fsp3) is 0.565. The lowest BCUT2D eigenvalue weighted by Crippen LogP contribution is -2.56. The van der Waals surface area contributed by atoms with Crippen molar-refractivity contribution in [3.05, 3.63) is 35.9 Å². The molecule has 0 radical (unpaired) electrons. The van der Waals surface area contributed by atoms with Gasteiger partial charge in [-0.1, -0.05) is 18.2 Å². The maximum Gasteiger partial charge on any atom is 0.328 e. The topological polar surface area (TPSA) is 102 Å². The maximum absolute atomic E-state index is 13.0. The number of rotatable bonds is 6. The van der Waals surface area contributed by atoms with Crippen LogP contribution in [0.3, 0.4) is 0 Å². The van der Waals surface area contributed by atoms with Crippen molar-refractivity contribution in [2.24, 2.45) is 23.2 Å². The average Bonchev–Trinajstić information content (AvgIpc) is 2.71. The SMILES string of the molecule is C[C@H](NC(=O)C12CC3CC(CC(C3)C1)C2)C(=O)OCC(=O)NC(=O)c1ccccc1. The molecule has 5 rings (SSSR count). The van der Waals surface area contributed by atoms with E-state index < -0.39 is 30.4 Å². The van der Waals surface area contributed by atoms with Crippen LogP contribution in [0.2, 0.25) is 0 Å². The zero-order chi connectivity index (χ0) is 21.3. The Labute approximate surface area is 175 Å². The molecule has 2 N–H and O–H groups in total. The van der Waals surface area contributed by atoms with Crippen molar-refractivity contribution < 1.29 is 23.9 Å². The molecule has 4 saturated carbocycles. The van der Waals surface area contributed by atoms with Crippen molar-refractivity contribution in [2.75, 3.05) is 6.61 Å². The number of esters is 1. The minimum absolute atomic E-state index is 0.0604. The van der Waals surface area contributed by atoms with Gasteiger partial charge in [0.05, 0.1) is 0 Å². The Morgan fingerprint density at radius 2 is 1.57 bits per heavy atom. The molecule has 160 valence electrons. The molecule has 1 aromatic carbocycles. The molecule has 4 fully saturated rings. The number of carbonyl (C=O) groups is 4. The lowest BCUT2D eigenvalue weighted by molar-refractivity contribution is -0.155. The van der Waals surface area contributed by atoms with Crippen LogP contribution in [0, 0.1) is 23.2 Å². The first-order valence-corrected chi connectivity index (χ1v) is 10.7. The van der Waals surface area contributed by atoms with Crippen LogP contribution >= 0.6 is 0 Å². The van der Waals surface area contributed by atoms with Gasteiger partial charge in [0, 0.05) is 11.0 Å². The maximum atomic E-state index is 13.0. The van der Waals surface area contributed by atoms with Crippen molar-refractivity contribution >= 4 is 23.7 Å². The van der Waals surface area contributed by atoms with E-state index in [0.29, 0.717) is 23.3 Å². The summed E-state index contributed by atoms with van der Waals surface area (Å²) in [6, 6.07) is 7.46. The molecule has 4 bridgehead atoms. The van der Waals surface area contributed by atoms with Crippen LogP contribution in [0.5, 0.6) is 0 Å². The van der Waals surface area contributed by atoms with Crippen molar-refractivity contribution in [3.8, 4) is 0 Å². The molecule has 1 atom stereocenters. The van der Waals surface area contributed by atoms with E-state index in [1.165, 1.54) is 19.3 Å². The standard InChI is InChI=1S/C23H28N2O5/c1-14(21(28)30-13-19(26)25-20(27)18-5-3-2-4-6-18)24-22(29)23-10-15-7-16(11-23)9-17(8-15)12-23/h2-6,14-17H,7-13H2,1H3,(H,24,29)(H,25,26,27)/t14-,15?,16?,17?,23?/m0/s1. The zero-order valence-electron chi connectivity index (χ0n) is 17.2. The molecule has 0 saturated heterocycles. The molecule has 7 heteroatoms. The zero-order valence-corrected chi connectivity index (χ0v) is 17.2. The van der Waals surface area contributed by atoms with Gasteiger partial charge in [-0.2, -0.15) is 0 Å². The third kappa shape index (κ3) is 4.25. The minimum atomic E-state index is -0.844. The summed E-state index contributed by atoms with van der Waals surface area (Å²) in [6.45, 7) is 0.989. The summed E-state index contributed by atoms with van der Waals surface area (Å²) in [5.74, 6) is -0.109. The molecule has 0 aliphatic heterocycles. The number of ether oxygens (including phenoxy) is 1. The Morgan fingerprint density at radius 3 is 2.13 bits per heavy atom. The van der Waals surface area contributed by atoms with E-state index in [9.17, 15) is 19.2 Å². The summed E-state index contributed by atoms with van der Waals surface area (Å²) in [7, 11) is 0. The number of hydrogen-bond donors (Lipinski definition) is 2. The van der Waals surface area contributed by atoms with Gasteiger partial charge >= 0.3 is 5.97 Å². The van der Waals surface area contributed by atoms with E-state index in [1.807, 2.05) is 0 Å². The van der Waals surface area contributed by atoms with E-state index in [4.69, 9.17) is 4.74 Å². The Kier molecular flexibility index (Phi) is 5.62. The molecule has 7 nitrogen and oxygen atoms in total. The molecular formula is C23H28N2O5. The number of imide groups is 1. The highest BCUT2D eigenvalue weighted by atomic mass is 16.5. The molecule has 0 spiro atoms. The van der Waals surface area contributed by atoms with E-state index >= 15 is 0 Å². The summed E-state index contributed by atoms with van der Waals surface area (Å²) >= 11 is 0. The van der Waals surface area contributed by atoms with E-state index in [2.05, 4.69) is 10.6 Å². The van der Waals surface area contributed by atoms with Crippen LogP contribution in [-0.4, -0.2) is 36.3 Å². The summed E-state index contributed by atoms with van der Waals surface area (Å²) in [4.78, 5) is 49.1. The Hall–Kier alpha value is -2.70. The number of nitrogens with one attached hydrogen (secondary N) is 2. The van der Waals surface area contributed by atoms with Crippen LogP contribution in [0.25, 0.3) is 0 Å². The first-order chi connectivity index (χ1) is 14.3. The first-order valence-electron chi connectivity index (χ1n) is 10.7. The van der Waals surface area contributed by atoms with Crippen LogP contribution in [0.4, 0.5) is 0 Å². The van der Waals surface area contributed by atoms with Gasteiger partial charge in [0.1, 0.15) is 6.04 Å². The first kappa shape index (κ1) is 20.6. The van der Waals surface area contributed by atoms with E-state index in [1.54, 1.807) is 37.3 Å². The fourth-order valence-corrected chi connectivity index (χ4v) is 5.88. The van der Waals surface area contributed by atoms with Gasteiger partial charge in [-0.15, -0.1) is 0 Å². The molecular weight excluding hydrogens is 384 g/mol. The second-order valence-electron chi connectivity index (χ2n) is 9.24. The predicted molar refractivity (Wildman–Crippen MR) is 108 cm³/mol. The Balaban J connectivity index is 1.24. The van der Waals surface area contributed by atoms with Gasteiger partial charge in [-0.3, -0.25) is 19.7 Å². The normalized spacial score (nSPS) is 29.7. The molecule has 4 aliphatic rings. The average molecular weight is 412 g/mol. The largest absolute Gasteiger partial charge is 0.454 e. The lowest BCUT2D eigenvalue weighted by atomic mass is 9.49. The summed E-state index contributed by atoms with van der Waals surface area (Å²) in [6.07, 6.45) is 6.45. The van der Waals surface area contributed by atoms with Gasteiger partial charge in [-0.25, -0.2) is 4.79 Å². The minimum Gasteiger partial charge on any atom is -0.454 e. The molecule has 0 aromatic heterocycles. The predicted octanol–water partition coefficient (Wildman–Crippen LogP) is 2.21. The summed E-state index contributed by atoms with van der Waals surface area (Å²) in [5.41, 5.74) is -0.00338. The van der Waals surface area contributed by atoms with E-state index in [0.717, 1.165) is 19.3 Å². The molecule has 0 unspecified atom stereocenters. The Morgan fingerprint density at radius 1 is 1.00 bits per heavy atom. The third-order valence-electron chi connectivity index (χ3n) is 6.86. The van der Waals surface area contributed by atoms with Crippen LogP contribution < -0.4 is 10.6 Å². The number of hydrogen-bond acceptors (Lipinski definition) is 5. The quantitative estimate of drug-likeness (QED) is 0.698. The highest BCUT2D eigenvalue weighted by molar-refractivity contribution is 6.05. The molecule has 3 amide bonds. The number of carbonyl (C=O) groups excluding carboxylic acids is 4. The Bertz CT molecular complexity index is 815. The lowest BCUT2D eigenvalue weighted by Gasteiger charge is -2.55. The van der Waals surface area contributed by atoms with Gasteiger partial charge in [-0.05, 0) is 75.3 Å². The van der Waals surface area contributed by atoms with Crippen molar-refractivity contribution in [1.82, 2.24) is 10.6 Å². The second-order valence-corrected chi connectivity index (χ2v) is 9.24. The summed E-state index contributed by atoms with van der Waals surface area (Å²) < 4.78 is 5.00. The van der Waals surface area contributed by atoms with Gasteiger partial charge in [0.2, 0.25) is 5.91 Å². The molecule has 1 aromatic rings. The highest BCUT2D eigenvalue weighted by Gasteiger charge is 2.54. The van der Waals surface area contributed by atoms with Gasteiger partial charge < -0.3 is 10.1 Å². The van der Waals surface area contributed by atoms with Crippen LogP contribution in [-0.2, 0) is 19.1 Å². The van der Waals surface area contributed by atoms with Gasteiger partial charge in [0.15, 0.2) is 6.61 Å². The van der Waals surface area contributed by atoms with Crippen molar-refractivity contribution in [3.63, 3.8) is 0 Å². The van der Waals surface area contributed by atoms with E-state index in [-0.39, 0.29) is 11.3 Å². The summed E-state index contributed by atoms with van der Waals surface area (Å²) in [5, 5.41) is 4.99. The number of amides is 3. The van der Waals surface area contributed by atoms with Crippen molar-refractivity contribution in [1.29, 1.82) is 0 Å². The molecule has 0 heterocycles. The van der Waals surface area contributed by atoms with Crippen LogP contribution in [0.15, 0.2) is 30.3 Å². The van der Waals surface area contributed by atoms with Gasteiger partial charge in [0.25, 0.3) is 11.8 Å². The van der Waals surface area contributed by atoms with Crippen LogP contribution in [0.1, 0.15) is 55.8 Å². The second kappa shape index (κ2) is 8.20.